The fourth-order valence-electron chi connectivity index (χ4n) is 4.09. The number of aryl methyl sites for hydroxylation is 1. The maximum absolute atomic E-state index is 13.0. The Morgan fingerprint density at radius 3 is 2.54 bits per heavy atom. The highest BCUT2D eigenvalue weighted by atomic mass is 35.5. The molecule has 4 heteroatoms. The van der Waals surface area contributed by atoms with E-state index in [1.54, 1.807) is 0 Å². The second-order valence-corrected chi connectivity index (χ2v) is 7.49. The van der Waals surface area contributed by atoms with Gasteiger partial charge in [-0.25, -0.2) is 0 Å². The molecule has 0 bridgehead atoms. The number of fused-ring (bicyclic) bond motifs is 1. The maximum Gasteiger partial charge on any atom is 0.226 e. The molecule has 0 saturated carbocycles. The number of carbonyl (C=O) groups is 1. The molecule has 2 nitrogen and oxygen atoms in total. The van der Waals surface area contributed by atoms with Gasteiger partial charge in [0, 0.05) is 22.5 Å². The normalized spacial score (nSPS) is 22.9. The van der Waals surface area contributed by atoms with Crippen LogP contribution in [0.25, 0.3) is 0 Å². The summed E-state index contributed by atoms with van der Waals surface area (Å²) in [6, 6.07) is 14.2. The summed E-state index contributed by atoms with van der Waals surface area (Å²) in [5.74, 6) is 0.225. The minimum absolute atomic E-state index is 0.0184. The van der Waals surface area contributed by atoms with Crippen LogP contribution < -0.4 is 0 Å². The fraction of sp³-hybridized carbons (Fsp3) is 0.350. The first-order chi connectivity index (χ1) is 11.6. The van der Waals surface area contributed by atoms with Crippen LogP contribution in [0.15, 0.2) is 42.5 Å². The molecule has 1 unspecified atom stereocenters. The molecule has 1 saturated heterocycles. The molecule has 0 radical (unpaired) electrons. The molecule has 0 aromatic heterocycles. The smallest absolute Gasteiger partial charge is 0.226 e. The monoisotopic (exact) mass is 359 g/mol. The molecule has 2 aliphatic rings. The van der Waals surface area contributed by atoms with E-state index in [9.17, 15) is 4.79 Å². The van der Waals surface area contributed by atoms with Gasteiger partial charge in [0.2, 0.25) is 5.91 Å². The van der Waals surface area contributed by atoms with Crippen LogP contribution in [0.1, 0.15) is 35.6 Å². The van der Waals surface area contributed by atoms with Crippen LogP contribution in [0.3, 0.4) is 0 Å². The third-order valence-corrected chi connectivity index (χ3v) is 6.05. The third kappa shape index (κ3) is 2.72. The highest BCUT2D eigenvalue weighted by Crippen LogP contribution is 2.40. The van der Waals surface area contributed by atoms with E-state index in [0.717, 1.165) is 31.4 Å². The van der Waals surface area contributed by atoms with Gasteiger partial charge in [0.15, 0.2) is 0 Å². The summed E-state index contributed by atoms with van der Waals surface area (Å²) in [6.45, 7) is 0.824. The molecule has 2 aromatic carbocycles. The van der Waals surface area contributed by atoms with Crippen molar-refractivity contribution in [2.24, 2.45) is 5.92 Å². The molecule has 1 aliphatic heterocycles. The number of carbonyl (C=O) groups excluding carboxylic acids is 1. The van der Waals surface area contributed by atoms with E-state index in [2.05, 4.69) is 29.2 Å². The third-order valence-electron chi connectivity index (χ3n) is 5.34. The van der Waals surface area contributed by atoms with E-state index < -0.39 is 0 Å². The summed E-state index contributed by atoms with van der Waals surface area (Å²) >= 11 is 12.6. The molecule has 4 rings (SSSR count). The highest BCUT2D eigenvalue weighted by Gasteiger charge is 2.39. The summed E-state index contributed by atoms with van der Waals surface area (Å²) in [5.41, 5.74) is 3.60. The molecule has 0 spiro atoms. The topological polar surface area (TPSA) is 20.3 Å². The van der Waals surface area contributed by atoms with Crippen LogP contribution in [0, 0.1) is 5.92 Å². The van der Waals surface area contributed by atoms with Gasteiger partial charge in [-0.3, -0.25) is 4.79 Å². The van der Waals surface area contributed by atoms with Crippen LogP contribution in [-0.4, -0.2) is 17.4 Å². The Hall–Kier alpha value is -1.51. The second kappa shape index (κ2) is 6.42. The van der Waals surface area contributed by atoms with E-state index in [1.807, 2.05) is 18.2 Å². The van der Waals surface area contributed by atoms with Crippen molar-refractivity contribution in [1.82, 2.24) is 4.90 Å². The zero-order chi connectivity index (χ0) is 16.7. The van der Waals surface area contributed by atoms with E-state index in [1.165, 1.54) is 11.1 Å². The summed E-state index contributed by atoms with van der Waals surface area (Å²) in [5, 5.41) is 1.31. The molecule has 1 heterocycles. The summed E-state index contributed by atoms with van der Waals surface area (Å²) in [7, 11) is 0. The Morgan fingerprint density at radius 1 is 1.00 bits per heavy atom. The maximum atomic E-state index is 13.0. The minimum Gasteiger partial charge on any atom is -0.335 e. The molecule has 2 aromatic rings. The van der Waals surface area contributed by atoms with Crippen molar-refractivity contribution in [2.45, 2.75) is 31.7 Å². The Bertz CT molecular complexity index is 769. The summed E-state index contributed by atoms with van der Waals surface area (Å²) < 4.78 is 0. The van der Waals surface area contributed by atoms with Crippen LogP contribution in [0.4, 0.5) is 0 Å². The van der Waals surface area contributed by atoms with Crippen LogP contribution in [0.5, 0.6) is 0 Å². The molecule has 1 fully saturated rings. The zero-order valence-corrected chi connectivity index (χ0v) is 14.9. The second-order valence-electron chi connectivity index (χ2n) is 6.67. The lowest BCUT2D eigenvalue weighted by Gasteiger charge is -2.25. The molecule has 24 heavy (non-hydrogen) atoms. The molecule has 1 amide bonds. The van der Waals surface area contributed by atoms with Crippen LogP contribution >= 0.6 is 23.2 Å². The van der Waals surface area contributed by atoms with Gasteiger partial charge in [-0.05, 0) is 54.5 Å². The SMILES string of the molecule is O=C1C(Cc2c(Cl)cccc2Cl)CCN1[C@@H]1CCc2ccccc21. The number of rotatable bonds is 3. The minimum atomic E-state index is -0.0184. The number of hydrogen-bond donors (Lipinski definition) is 0. The fourth-order valence-corrected chi connectivity index (χ4v) is 4.65. The Kier molecular flexibility index (Phi) is 4.28. The number of amides is 1. The van der Waals surface area contributed by atoms with Crippen molar-refractivity contribution in [3.63, 3.8) is 0 Å². The van der Waals surface area contributed by atoms with Gasteiger partial charge in [-0.1, -0.05) is 53.5 Å². The number of likely N-dealkylation sites (tertiary alicyclic amines) is 1. The lowest BCUT2D eigenvalue weighted by Crippen LogP contribution is -2.31. The van der Waals surface area contributed by atoms with Gasteiger partial charge < -0.3 is 4.90 Å². The Balaban J connectivity index is 1.53. The van der Waals surface area contributed by atoms with Crippen LogP contribution in [-0.2, 0) is 17.6 Å². The molecular formula is C20H19Cl2NO. The van der Waals surface area contributed by atoms with Crippen molar-refractivity contribution in [3.8, 4) is 0 Å². The van der Waals surface area contributed by atoms with E-state index in [4.69, 9.17) is 23.2 Å². The first-order valence-electron chi connectivity index (χ1n) is 8.46. The zero-order valence-electron chi connectivity index (χ0n) is 13.3. The standard InChI is InChI=1S/C20H19Cl2NO/c21-17-6-3-7-18(22)16(17)12-14-10-11-23(20(14)24)19-9-8-13-4-1-2-5-15(13)19/h1-7,14,19H,8-12H2/t14?,19-/m1/s1. The van der Waals surface area contributed by atoms with Crippen molar-refractivity contribution < 1.29 is 4.79 Å². The van der Waals surface area contributed by atoms with Gasteiger partial charge in [-0.15, -0.1) is 0 Å². The highest BCUT2D eigenvalue weighted by molar-refractivity contribution is 6.36. The van der Waals surface area contributed by atoms with Crippen LogP contribution in [0.2, 0.25) is 10.0 Å². The molecule has 2 atom stereocenters. The lowest BCUT2D eigenvalue weighted by atomic mass is 9.98. The first kappa shape index (κ1) is 16.0. The number of hydrogen-bond acceptors (Lipinski definition) is 1. The van der Waals surface area contributed by atoms with E-state index in [0.29, 0.717) is 16.5 Å². The van der Waals surface area contributed by atoms with Gasteiger partial charge in [0.25, 0.3) is 0 Å². The lowest BCUT2D eigenvalue weighted by molar-refractivity contribution is -0.133. The predicted molar refractivity (Wildman–Crippen MR) is 97.5 cm³/mol. The molecular weight excluding hydrogens is 341 g/mol. The van der Waals surface area contributed by atoms with Crippen molar-refractivity contribution in [2.75, 3.05) is 6.54 Å². The van der Waals surface area contributed by atoms with Crippen molar-refractivity contribution >= 4 is 29.1 Å². The van der Waals surface area contributed by atoms with E-state index >= 15 is 0 Å². The molecule has 0 N–H and O–H groups in total. The Morgan fingerprint density at radius 2 is 1.75 bits per heavy atom. The summed E-state index contributed by atoms with van der Waals surface area (Å²) in [4.78, 5) is 15.0. The molecule has 124 valence electrons. The average Bonchev–Trinajstić information content (AvgIpc) is 3.15. The predicted octanol–water partition coefficient (Wildman–Crippen LogP) is 5.07. The van der Waals surface area contributed by atoms with Gasteiger partial charge in [0.1, 0.15) is 0 Å². The van der Waals surface area contributed by atoms with Crippen molar-refractivity contribution in [1.29, 1.82) is 0 Å². The van der Waals surface area contributed by atoms with Crippen molar-refractivity contribution in [3.05, 3.63) is 69.2 Å². The number of benzene rings is 2. The number of halogens is 2. The summed E-state index contributed by atoms with van der Waals surface area (Å²) in [6.07, 6.45) is 3.59. The quantitative estimate of drug-likeness (QED) is 0.748. The number of nitrogens with zero attached hydrogens (tertiary/aromatic N) is 1. The first-order valence-corrected chi connectivity index (χ1v) is 9.22. The van der Waals surface area contributed by atoms with Gasteiger partial charge in [0.05, 0.1) is 6.04 Å². The van der Waals surface area contributed by atoms with Gasteiger partial charge >= 0.3 is 0 Å². The molecule has 1 aliphatic carbocycles. The Labute approximate surface area is 152 Å². The van der Waals surface area contributed by atoms with E-state index in [-0.39, 0.29) is 17.9 Å². The largest absolute Gasteiger partial charge is 0.335 e. The van der Waals surface area contributed by atoms with Gasteiger partial charge in [-0.2, -0.15) is 0 Å². The average molecular weight is 360 g/mol.